The monoisotopic (exact) mass is 272 g/mol. The molecule has 0 aromatic carbocycles. The highest BCUT2D eigenvalue weighted by molar-refractivity contribution is 5.78. The molecule has 6 nitrogen and oxygen atoms in total. The van der Waals surface area contributed by atoms with Crippen molar-refractivity contribution in [2.45, 2.75) is 39.4 Å². The molecule has 6 heteroatoms. The maximum absolute atomic E-state index is 12.2. The first-order valence-electron chi connectivity index (χ1n) is 6.79. The number of carboxylic acids is 1. The van der Waals surface area contributed by atoms with Gasteiger partial charge in [0.1, 0.15) is 0 Å². The summed E-state index contributed by atoms with van der Waals surface area (Å²) in [6, 6.07) is 0. The minimum absolute atomic E-state index is 0.0502. The first-order chi connectivity index (χ1) is 8.92. The number of nitrogens with zero attached hydrogens (tertiary/aromatic N) is 2. The van der Waals surface area contributed by atoms with E-state index < -0.39 is 5.97 Å². The molecule has 1 fully saturated rings. The average molecular weight is 272 g/mol. The molecule has 1 rings (SSSR count). The minimum Gasteiger partial charge on any atom is -0.481 e. The summed E-state index contributed by atoms with van der Waals surface area (Å²) in [7, 11) is 0. The van der Waals surface area contributed by atoms with Gasteiger partial charge in [-0.15, -0.1) is 0 Å². The van der Waals surface area contributed by atoms with Crippen LogP contribution in [0.3, 0.4) is 0 Å². The zero-order valence-corrected chi connectivity index (χ0v) is 12.0. The predicted octanol–water partition coefficient (Wildman–Crippen LogP) is 0.419. The molecule has 0 spiro atoms. The fourth-order valence-corrected chi connectivity index (χ4v) is 2.28. The number of amides is 1. The van der Waals surface area contributed by atoms with E-state index in [0.717, 1.165) is 0 Å². The zero-order chi connectivity index (χ0) is 14.4. The van der Waals surface area contributed by atoms with Crippen LogP contribution in [-0.4, -0.2) is 71.7 Å². The Hall–Kier alpha value is -1.14. The highest BCUT2D eigenvalue weighted by Crippen LogP contribution is 2.11. The summed E-state index contributed by atoms with van der Waals surface area (Å²) in [6.45, 7) is 8.43. The van der Waals surface area contributed by atoms with Crippen molar-refractivity contribution in [1.82, 2.24) is 9.80 Å². The number of carbonyl (C=O) groups is 2. The molecular formula is C13H24N2O4. The van der Waals surface area contributed by atoms with Crippen molar-refractivity contribution in [2.75, 3.05) is 32.7 Å². The van der Waals surface area contributed by atoms with Gasteiger partial charge >= 0.3 is 5.97 Å². The van der Waals surface area contributed by atoms with Crippen LogP contribution in [0.4, 0.5) is 0 Å². The molecule has 0 saturated carbocycles. The Kier molecular flexibility index (Phi) is 6.24. The number of carboxylic acid groups (broad SMARTS) is 1. The van der Waals surface area contributed by atoms with E-state index in [1.54, 1.807) is 0 Å². The predicted molar refractivity (Wildman–Crippen MR) is 71.0 cm³/mol. The molecule has 2 unspecified atom stereocenters. The summed E-state index contributed by atoms with van der Waals surface area (Å²) in [6.07, 6.45) is 0.181. The van der Waals surface area contributed by atoms with Crippen LogP contribution in [0.25, 0.3) is 0 Å². The van der Waals surface area contributed by atoms with Crippen molar-refractivity contribution >= 4 is 11.9 Å². The quantitative estimate of drug-likeness (QED) is 0.759. The molecule has 0 aromatic heterocycles. The smallest absolute Gasteiger partial charge is 0.304 e. The van der Waals surface area contributed by atoms with Crippen molar-refractivity contribution < 1.29 is 19.4 Å². The lowest BCUT2D eigenvalue weighted by molar-refractivity contribution is -0.145. The van der Waals surface area contributed by atoms with Crippen LogP contribution in [0.15, 0.2) is 0 Å². The molecule has 1 saturated heterocycles. The second kappa shape index (κ2) is 7.45. The first-order valence-corrected chi connectivity index (χ1v) is 6.79. The normalized spacial score (nSPS) is 23.7. The van der Waals surface area contributed by atoms with Gasteiger partial charge in [0.2, 0.25) is 5.91 Å². The molecular weight excluding hydrogens is 248 g/mol. The van der Waals surface area contributed by atoms with E-state index in [0.29, 0.717) is 26.2 Å². The van der Waals surface area contributed by atoms with Gasteiger partial charge in [-0.1, -0.05) is 6.92 Å². The largest absolute Gasteiger partial charge is 0.481 e. The van der Waals surface area contributed by atoms with Crippen molar-refractivity contribution in [3.8, 4) is 0 Å². The van der Waals surface area contributed by atoms with Crippen LogP contribution in [0.1, 0.15) is 27.2 Å². The van der Waals surface area contributed by atoms with E-state index in [1.807, 2.05) is 30.6 Å². The van der Waals surface area contributed by atoms with Gasteiger partial charge in [0.15, 0.2) is 0 Å². The van der Waals surface area contributed by atoms with Gasteiger partial charge in [0.05, 0.1) is 25.2 Å². The topological polar surface area (TPSA) is 70.1 Å². The summed E-state index contributed by atoms with van der Waals surface area (Å²) in [5.74, 6) is -0.784. The van der Waals surface area contributed by atoms with E-state index in [4.69, 9.17) is 9.84 Å². The van der Waals surface area contributed by atoms with Crippen molar-refractivity contribution in [2.24, 2.45) is 0 Å². The maximum atomic E-state index is 12.2. The molecule has 1 aliphatic heterocycles. The molecule has 110 valence electrons. The molecule has 0 aliphatic carbocycles. The van der Waals surface area contributed by atoms with Gasteiger partial charge in [-0.05, 0) is 20.4 Å². The second-order valence-electron chi connectivity index (χ2n) is 5.07. The SMILES string of the molecule is CCN(CCC(=O)O)CC(=O)N1CC(C)OC(C)C1. The van der Waals surface area contributed by atoms with Crippen molar-refractivity contribution in [3.05, 3.63) is 0 Å². The van der Waals surface area contributed by atoms with Gasteiger partial charge in [0, 0.05) is 19.6 Å². The van der Waals surface area contributed by atoms with E-state index in [1.165, 1.54) is 0 Å². The fourth-order valence-electron chi connectivity index (χ4n) is 2.28. The lowest BCUT2D eigenvalue weighted by atomic mass is 10.2. The number of likely N-dealkylation sites (N-methyl/N-ethyl adjacent to an activating group) is 1. The molecule has 0 bridgehead atoms. The number of carbonyl (C=O) groups excluding carboxylic acids is 1. The average Bonchev–Trinajstić information content (AvgIpc) is 2.32. The third-order valence-electron chi connectivity index (χ3n) is 3.22. The molecule has 2 atom stereocenters. The number of hydrogen-bond acceptors (Lipinski definition) is 4. The molecule has 1 aliphatic rings. The van der Waals surface area contributed by atoms with Crippen LogP contribution in [0.5, 0.6) is 0 Å². The van der Waals surface area contributed by atoms with Crippen LogP contribution in [-0.2, 0) is 14.3 Å². The number of ether oxygens (including phenoxy) is 1. The Morgan fingerprint density at radius 2 is 1.89 bits per heavy atom. The maximum Gasteiger partial charge on any atom is 0.304 e. The summed E-state index contributed by atoms with van der Waals surface area (Å²) in [4.78, 5) is 26.4. The molecule has 1 heterocycles. The summed E-state index contributed by atoms with van der Waals surface area (Å²) in [5, 5.41) is 8.67. The van der Waals surface area contributed by atoms with Crippen molar-refractivity contribution in [3.63, 3.8) is 0 Å². The minimum atomic E-state index is -0.834. The number of hydrogen-bond donors (Lipinski definition) is 1. The van der Waals surface area contributed by atoms with Gasteiger partial charge in [0.25, 0.3) is 0 Å². The third-order valence-corrected chi connectivity index (χ3v) is 3.22. The number of aliphatic carboxylic acids is 1. The summed E-state index contributed by atoms with van der Waals surface area (Å²) < 4.78 is 5.59. The van der Waals surface area contributed by atoms with E-state index >= 15 is 0 Å². The third kappa shape index (κ3) is 5.57. The summed E-state index contributed by atoms with van der Waals surface area (Å²) in [5.41, 5.74) is 0. The van der Waals surface area contributed by atoms with Crippen LogP contribution >= 0.6 is 0 Å². The highest BCUT2D eigenvalue weighted by Gasteiger charge is 2.26. The van der Waals surface area contributed by atoms with E-state index in [-0.39, 0.29) is 31.1 Å². The van der Waals surface area contributed by atoms with Gasteiger partial charge in [-0.3, -0.25) is 14.5 Å². The lowest BCUT2D eigenvalue weighted by Gasteiger charge is -2.36. The number of rotatable bonds is 6. The lowest BCUT2D eigenvalue weighted by Crippen LogP contribution is -2.51. The zero-order valence-electron chi connectivity index (χ0n) is 12.0. The highest BCUT2D eigenvalue weighted by atomic mass is 16.5. The second-order valence-corrected chi connectivity index (χ2v) is 5.07. The van der Waals surface area contributed by atoms with E-state index in [9.17, 15) is 9.59 Å². The molecule has 1 N–H and O–H groups in total. The van der Waals surface area contributed by atoms with E-state index in [2.05, 4.69) is 0 Å². The van der Waals surface area contributed by atoms with Gasteiger partial charge in [-0.2, -0.15) is 0 Å². The molecule has 1 amide bonds. The Balaban J connectivity index is 2.45. The van der Waals surface area contributed by atoms with Crippen LogP contribution < -0.4 is 0 Å². The molecule has 0 aromatic rings. The Morgan fingerprint density at radius 1 is 1.32 bits per heavy atom. The van der Waals surface area contributed by atoms with Gasteiger partial charge in [-0.25, -0.2) is 0 Å². The Morgan fingerprint density at radius 3 is 2.37 bits per heavy atom. The summed E-state index contributed by atoms with van der Waals surface area (Å²) >= 11 is 0. The molecule has 19 heavy (non-hydrogen) atoms. The Bertz CT molecular complexity index is 312. The standard InChI is InChI=1S/C13H24N2O4/c1-4-14(6-5-13(17)18)9-12(16)15-7-10(2)19-11(3)8-15/h10-11H,4-9H2,1-3H3,(H,17,18). The number of morpholine rings is 1. The fraction of sp³-hybridized carbons (Fsp3) is 0.846. The first kappa shape index (κ1) is 15.9. The Labute approximate surface area is 114 Å². The van der Waals surface area contributed by atoms with Crippen LogP contribution in [0, 0.1) is 0 Å². The van der Waals surface area contributed by atoms with Crippen molar-refractivity contribution in [1.29, 1.82) is 0 Å². The van der Waals surface area contributed by atoms with Crippen LogP contribution in [0.2, 0.25) is 0 Å². The van der Waals surface area contributed by atoms with Gasteiger partial charge < -0.3 is 14.7 Å². The molecule has 0 radical (unpaired) electrons.